The number of aliphatic carboxylic acids is 1. The Hall–Kier alpha value is -3.09. The maximum Gasteiger partial charge on any atom is 0.326 e. The number of nitrogens with two attached hydrogens (primary N) is 1. The summed E-state index contributed by atoms with van der Waals surface area (Å²) in [7, 11) is 0. The molecule has 5 atom stereocenters. The van der Waals surface area contributed by atoms with Gasteiger partial charge in [-0.1, -0.05) is 32.0 Å². The highest BCUT2D eigenvalue weighted by Crippen LogP contribution is 2.19. The third-order valence-corrected chi connectivity index (χ3v) is 6.73. The topological polar surface area (TPSA) is 187 Å². The molecule has 0 saturated carbocycles. The third-order valence-electron chi connectivity index (χ3n) is 6.08. The van der Waals surface area contributed by atoms with Crippen LogP contribution in [0.1, 0.15) is 39.2 Å². The maximum absolute atomic E-state index is 13.1. The number of benzene rings is 1. The molecule has 0 aliphatic carbocycles. The van der Waals surface area contributed by atoms with Crippen LogP contribution >= 0.6 is 11.8 Å². The molecule has 0 aliphatic rings. The minimum Gasteiger partial charge on any atom is -0.480 e. The van der Waals surface area contributed by atoms with Crippen molar-refractivity contribution in [2.75, 3.05) is 12.0 Å². The highest BCUT2D eigenvalue weighted by atomic mass is 32.2. The molecule has 1 aromatic carbocycles. The van der Waals surface area contributed by atoms with Crippen molar-refractivity contribution in [1.82, 2.24) is 20.9 Å². The summed E-state index contributed by atoms with van der Waals surface area (Å²) >= 11 is 1.48. The summed E-state index contributed by atoms with van der Waals surface area (Å²) in [6, 6.07) is 2.85. The van der Waals surface area contributed by atoms with Crippen LogP contribution in [0.2, 0.25) is 0 Å². The smallest absolute Gasteiger partial charge is 0.326 e. The van der Waals surface area contributed by atoms with Gasteiger partial charge in [0, 0.05) is 23.5 Å². The van der Waals surface area contributed by atoms with E-state index in [9.17, 15) is 29.4 Å². The minimum absolute atomic E-state index is 0.00823. The lowest BCUT2D eigenvalue weighted by molar-refractivity contribution is -0.143. The first-order chi connectivity index (χ1) is 17.9. The van der Waals surface area contributed by atoms with Crippen molar-refractivity contribution < 1.29 is 29.4 Å². The molecule has 0 saturated heterocycles. The number of carboxylic acids is 1. The molecule has 8 N–H and O–H groups in total. The molecule has 11 nitrogen and oxygen atoms in total. The van der Waals surface area contributed by atoms with Gasteiger partial charge in [-0.25, -0.2) is 4.79 Å². The largest absolute Gasteiger partial charge is 0.480 e. The summed E-state index contributed by atoms with van der Waals surface area (Å²) in [5, 5.41) is 28.4. The Morgan fingerprint density at radius 2 is 1.66 bits per heavy atom. The Balaban J connectivity index is 2.13. The second kappa shape index (κ2) is 14.7. The molecule has 210 valence electrons. The van der Waals surface area contributed by atoms with Crippen LogP contribution in [0, 0.1) is 5.92 Å². The fourth-order valence-electron chi connectivity index (χ4n) is 4.04. The zero-order valence-electron chi connectivity index (χ0n) is 22.2. The number of carbonyl (C=O) groups is 4. The summed E-state index contributed by atoms with van der Waals surface area (Å²) in [6.45, 7) is 5.17. The van der Waals surface area contributed by atoms with Gasteiger partial charge >= 0.3 is 5.97 Å². The molecule has 0 radical (unpaired) electrons. The van der Waals surface area contributed by atoms with Gasteiger partial charge in [0.15, 0.2) is 0 Å². The number of H-pyrrole nitrogens is 1. The van der Waals surface area contributed by atoms with Crippen LogP contribution in [0.15, 0.2) is 30.5 Å². The molecule has 5 unspecified atom stereocenters. The van der Waals surface area contributed by atoms with Crippen molar-refractivity contribution in [1.29, 1.82) is 0 Å². The number of aliphatic hydroxyl groups excluding tert-OH is 1. The molecule has 2 aromatic rings. The molecule has 0 aliphatic heterocycles. The highest BCUT2D eigenvalue weighted by molar-refractivity contribution is 7.98. The van der Waals surface area contributed by atoms with Crippen LogP contribution in [-0.4, -0.2) is 81.2 Å². The Morgan fingerprint density at radius 3 is 2.26 bits per heavy atom. The molecular weight excluding hydrogens is 510 g/mol. The Labute approximate surface area is 226 Å². The fraction of sp³-hybridized carbons (Fsp3) is 0.538. The second-order valence-corrected chi connectivity index (χ2v) is 10.8. The summed E-state index contributed by atoms with van der Waals surface area (Å²) in [6.07, 6.45) is 2.91. The van der Waals surface area contributed by atoms with Gasteiger partial charge in [-0.15, -0.1) is 0 Å². The van der Waals surface area contributed by atoms with Gasteiger partial charge < -0.3 is 36.9 Å². The third kappa shape index (κ3) is 9.03. The standard InChI is InChI=1S/C26H39N5O6S/c1-14(2)11-18(27)23(33)29-20(9-10-38-4)24(34)31-22(15(3)32)25(35)30-21(26(36)37)12-16-13-28-19-8-6-5-7-17(16)19/h5-8,13-15,18,20-22,28,32H,9-12,27H2,1-4H3,(H,29,33)(H,30,35)(H,31,34)(H,36,37). The maximum atomic E-state index is 13.1. The summed E-state index contributed by atoms with van der Waals surface area (Å²) in [5.41, 5.74) is 7.48. The van der Waals surface area contributed by atoms with Gasteiger partial charge in [-0.05, 0) is 49.3 Å². The molecule has 1 heterocycles. The Morgan fingerprint density at radius 1 is 1.00 bits per heavy atom. The van der Waals surface area contributed by atoms with Crippen molar-refractivity contribution in [3.05, 3.63) is 36.0 Å². The van der Waals surface area contributed by atoms with Crippen LogP contribution in [0.3, 0.4) is 0 Å². The van der Waals surface area contributed by atoms with Crippen molar-refractivity contribution in [3.8, 4) is 0 Å². The first-order valence-electron chi connectivity index (χ1n) is 12.6. The fourth-order valence-corrected chi connectivity index (χ4v) is 4.51. The number of thioether (sulfide) groups is 1. The molecule has 2 rings (SSSR count). The van der Waals surface area contributed by atoms with E-state index in [1.165, 1.54) is 18.7 Å². The molecular formula is C26H39N5O6S. The lowest BCUT2D eigenvalue weighted by Gasteiger charge is -2.26. The Bertz CT molecular complexity index is 1100. The molecule has 38 heavy (non-hydrogen) atoms. The van der Waals surface area contributed by atoms with Crippen LogP contribution in [-0.2, 0) is 25.6 Å². The van der Waals surface area contributed by atoms with Crippen LogP contribution in [0.5, 0.6) is 0 Å². The van der Waals surface area contributed by atoms with E-state index in [1.807, 2.05) is 44.4 Å². The van der Waals surface area contributed by atoms with E-state index in [0.717, 1.165) is 10.9 Å². The van der Waals surface area contributed by atoms with E-state index in [2.05, 4.69) is 20.9 Å². The number of amides is 3. The second-order valence-electron chi connectivity index (χ2n) is 9.77. The Kier molecular flexibility index (Phi) is 12.1. The molecule has 1 aromatic heterocycles. The van der Waals surface area contributed by atoms with Crippen LogP contribution in [0.4, 0.5) is 0 Å². The zero-order valence-corrected chi connectivity index (χ0v) is 23.0. The van der Waals surface area contributed by atoms with Crippen LogP contribution in [0.25, 0.3) is 10.9 Å². The van der Waals surface area contributed by atoms with Gasteiger partial charge in [0.1, 0.15) is 18.1 Å². The SMILES string of the molecule is CSCCC(NC(=O)C(N)CC(C)C)C(=O)NC(C(=O)NC(Cc1c[nH]c2ccccc12)C(=O)O)C(C)O. The van der Waals surface area contributed by atoms with Crippen molar-refractivity contribution in [2.24, 2.45) is 11.7 Å². The number of aromatic nitrogens is 1. The van der Waals surface area contributed by atoms with E-state index < -0.39 is 54.0 Å². The van der Waals surface area contributed by atoms with Gasteiger partial charge in [0.05, 0.1) is 12.1 Å². The number of rotatable bonds is 15. The quantitative estimate of drug-likeness (QED) is 0.170. The predicted molar refractivity (Wildman–Crippen MR) is 148 cm³/mol. The van der Waals surface area contributed by atoms with Gasteiger partial charge in [-0.2, -0.15) is 11.8 Å². The van der Waals surface area contributed by atoms with Gasteiger partial charge in [0.2, 0.25) is 17.7 Å². The monoisotopic (exact) mass is 549 g/mol. The van der Waals surface area contributed by atoms with Gasteiger partial charge in [-0.3, -0.25) is 14.4 Å². The lowest BCUT2D eigenvalue weighted by atomic mass is 10.0. The van der Waals surface area contributed by atoms with Crippen LogP contribution < -0.4 is 21.7 Å². The molecule has 12 heteroatoms. The number of carbonyl (C=O) groups excluding carboxylic acids is 3. The average Bonchev–Trinajstić information content (AvgIpc) is 3.26. The van der Waals surface area contributed by atoms with Crippen molar-refractivity contribution in [2.45, 2.75) is 70.3 Å². The molecule has 0 spiro atoms. The van der Waals surface area contributed by atoms with Crippen molar-refractivity contribution >= 4 is 46.4 Å². The zero-order chi connectivity index (χ0) is 28.4. The van der Waals surface area contributed by atoms with E-state index >= 15 is 0 Å². The van der Waals surface area contributed by atoms with E-state index in [-0.39, 0.29) is 18.8 Å². The number of aliphatic hydroxyl groups is 1. The number of para-hydroxylation sites is 1. The number of hydrogen-bond donors (Lipinski definition) is 7. The molecule has 3 amide bonds. The van der Waals surface area contributed by atoms with Crippen molar-refractivity contribution in [3.63, 3.8) is 0 Å². The van der Waals surface area contributed by atoms with E-state index in [1.54, 1.807) is 6.20 Å². The normalized spacial score (nSPS) is 15.3. The highest BCUT2D eigenvalue weighted by Gasteiger charge is 2.33. The first kappa shape index (κ1) is 31.1. The van der Waals surface area contributed by atoms with E-state index in [4.69, 9.17) is 5.73 Å². The summed E-state index contributed by atoms with van der Waals surface area (Å²) in [4.78, 5) is 53.7. The van der Waals surface area contributed by atoms with E-state index in [0.29, 0.717) is 17.7 Å². The number of hydrogen-bond acceptors (Lipinski definition) is 7. The predicted octanol–water partition coefficient (Wildman–Crippen LogP) is 0.757. The molecule has 0 bridgehead atoms. The minimum atomic E-state index is -1.44. The number of carboxylic acid groups (broad SMARTS) is 1. The van der Waals surface area contributed by atoms with Gasteiger partial charge in [0.25, 0.3) is 0 Å². The first-order valence-corrected chi connectivity index (χ1v) is 13.9. The number of aromatic amines is 1. The number of nitrogens with one attached hydrogen (secondary N) is 4. The number of fused-ring (bicyclic) bond motifs is 1. The molecule has 0 fully saturated rings. The average molecular weight is 550 g/mol. The summed E-state index contributed by atoms with van der Waals surface area (Å²) < 4.78 is 0. The lowest BCUT2D eigenvalue weighted by Crippen LogP contribution is -2.60. The summed E-state index contributed by atoms with van der Waals surface area (Å²) in [5.74, 6) is -2.54.